The van der Waals surface area contributed by atoms with Crippen molar-refractivity contribution in [3.05, 3.63) is 47.5 Å². The highest BCUT2D eigenvalue weighted by atomic mass is 32.1. The minimum absolute atomic E-state index is 0.585. The summed E-state index contributed by atoms with van der Waals surface area (Å²) in [7, 11) is 0. The Labute approximate surface area is 165 Å². The highest BCUT2D eigenvalue weighted by molar-refractivity contribution is 7.80. The van der Waals surface area contributed by atoms with Crippen LogP contribution in [0.5, 0.6) is 11.5 Å². The monoisotopic (exact) mass is 383 g/mol. The predicted octanol–water partition coefficient (Wildman–Crippen LogP) is 3.59. The van der Waals surface area contributed by atoms with Crippen LogP contribution in [0.1, 0.15) is 11.1 Å². The number of nitrogens with one attached hydrogen (secondary N) is 1. The normalized spacial score (nSPS) is 16.2. The first kappa shape index (κ1) is 17.9. The van der Waals surface area contributed by atoms with Crippen molar-refractivity contribution in [1.29, 1.82) is 0 Å². The van der Waals surface area contributed by atoms with E-state index < -0.39 is 0 Å². The SMILES string of the molecule is Cc1cccc(N2CCN(C(=S)Nc3ccc4c(c3)OCCO4)CC2)c1C. The summed E-state index contributed by atoms with van der Waals surface area (Å²) in [5, 5.41) is 4.10. The summed E-state index contributed by atoms with van der Waals surface area (Å²) in [5.74, 6) is 1.56. The molecular formula is C21H25N3O2S. The molecule has 4 rings (SSSR count). The van der Waals surface area contributed by atoms with E-state index >= 15 is 0 Å². The molecule has 1 N–H and O–H groups in total. The van der Waals surface area contributed by atoms with Crippen LogP contribution in [-0.4, -0.2) is 49.4 Å². The van der Waals surface area contributed by atoms with Gasteiger partial charge in [-0.3, -0.25) is 0 Å². The first-order valence-electron chi connectivity index (χ1n) is 9.38. The fourth-order valence-corrected chi connectivity index (χ4v) is 3.85. The molecule has 2 aromatic carbocycles. The molecule has 0 radical (unpaired) electrons. The number of benzene rings is 2. The Morgan fingerprint density at radius 2 is 1.70 bits per heavy atom. The highest BCUT2D eigenvalue weighted by Crippen LogP contribution is 2.32. The molecule has 2 heterocycles. The number of piperazine rings is 1. The van der Waals surface area contributed by atoms with Gasteiger partial charge in [0.2, 0.25) is 0 Å². The summed E-state index contributed by atoms with van der Waals surface area (Å²) in [6.07, 6.45) is 0. The van der Waals surface area contributed by atoms with Crippen molar-refractivity contribution in [3.63, 3.8) is 0 Å². The fraction of sp³-hybridized carbons (Fsp3) is 0.381. The lowest BCUT2D eigenvalue weighted by molar-refractivity contribution is 0.171. The minimum Gasteiger partial charge on any atom is -0.486 e. The second-order valence-electron chi connectivity index (χ2n) is 6.98. The van der Waals surface area contributed by atoms with E-state index in [1.165, 1.54) is 16.8 Å². The number of anilines is 2. The average Bonchev–Trinajstić information content (AvgIpc) is 2.70. The van der Waals surface area contributed by atoms with Crippen molar-refractivity contribution in [2.45, 2.75) is 13.8 Å². The number of rotatable bonds is 2. The van der Waals surface area contributed by atoms with Gasteiger partial charge in [-0.25, -0.2) is 0 Å². The smallest absolute Gasteiger partial charge is 0.173 e. The first-order valence-corrected chi connectivity index (χ1v) is 9.79. The van der Waals surface area contributed by atoms with E-state index in [2.05, 4.69) is 47.2 Å². The van der Waals surface area contributed by atoms with Gasteiger partial charge >= 0.3 is 0 Å². The molecule has 0 bridgehead atoms. The van der Waals surface area contributed by atoms with Gasteiger partial charge in [0.1, 0.15) is 13.2 Å². The molecule has 0 aromatic heterocycles. The summed E-state index contributed by atoms with van der Waals surface area (Å²) in [4.78, 5) is 4.68. The molecule has 1 saturated heterocycles. The Morgan fingerprint density at radius 1 is 0.963 bits per heavy atom. The second-order valence-corrected chi connectivity index (χ2v) is 7.37. The summed E-state index contributed by atoms with van der Waals surface area (Å²) >= 11 is 5.64. The van der Waals surface area contributed by atoms with Gasteiger partial charge in [0.05, 0.1) is 0 Å². The molecule has 0 amide bonds. The van der Waals surface area contributed by atoms with Crippen LogP contribution in [0.2, 0.25) is 0 Å². The predicted molar refractivity (Wildman–Crippen MR) is 113 cm³/mol. The summed E-state index contributed by atoms with van der Waals surface area (Å²) in [5.41, 5.74) is 4.97. The van der Waals surface area contributed by atoms with Crippen molar-refractivity contribution in [2.75, 3.05) is 49.6 Å². The number of thiocarbonyl (C=S) groups is 1. The molecule has 2 aliphatic rings. The Bertz CT molecular complexity index is 847. The maximum Gasteiger partial charge on any atom is 0.173 e. The van der Waals surface area contributed by atoms with Gasteiger partial charge in [-0.1, -0.05) is 12.1 Å². The van der Waals surface area contributed by atoms with Crippen LogP contribution in [0.3, 0.4) is 0 Å². The molecular weight excluding hydrogens is 358 g/mol. The van der Waals surface area contributed by atoms with E-state index in [1.807, 2.05) is 18.2 Å². The Hall–Kier alpha value is -2.47. The summed E-state index contributed by atoms with van der Waals surface area (Å²) < 4.78 is 11.2. The Balaban J connectivity index is 1.37. The van der Waals surface area contributed by atoms with Crippen molar-refractivity contribution in [1.82, 2.24) is 4.90 Å². The maximum atomic E-state index is 5.65. The van der Waals surface area contributed by atoms with Crippen LogP contribution < -0.4 is 19.7 Å². The Morgan fingerprint density at radius 3 is 2.48 bits per heavy atom. The van der Waals surface area contributed by atoms with Gasteiger partial charge in [0.15, 0.2) is 16.6 Å². The lowest BCUT2D eigenvalue weighted by Gasteiger charge is -2.38. The van der Waals surface area contributed by atoms with Gasteiger partial charge in [-0.15, -0.1) is 0 Å². The fourth-order valence-electron chi connectivity index (χ4n) is 3.55. The number of aryl methyl sites for hydroxylation is 1. The standard InChI is InChI=1S/C21H25N3O2S/c1-15-4-3-5-18(16(15)2)23-8-10-24(11-9-23)21(27)22-17-6-7-19-20(14-17)26-13-12-25-19/h3-7,14H,8-13H2,1-2H3,(H,22,27). The molecule has 6 heteroatoms. The minimum atomic E-state index is 0.585. The molecule has 0 unspecified atom stereocenters. The van der Waals surface area contributed by atoms with Crippen LogP contribution in [0.4, 0.5) is 11.4 Å². The number of fused-ring (bicyclic) bond motifs is 1. The summed E-state index contributed by atoms with van der Waals surface area (Å²) in [6, 6.07) is 12.4. The zero-order valence-electron chi connectivity index (χ0n) is 15.8. The molecule has 27 heavy (non-hydrogen) atoms. The molecule has 142 valence electrons. The van der Waals surface area contributed by atoms with Crippen LogP contribution in [0, 0.1) is 13.8 Å². The van der Waals surface area contributed by atoms with Crippen LogP contribution >= 0.6 is 12.2 Å². The summed E-state index contributed by atoms with van der Waals surface area (Å²) in [6.45, 7) is 9.30. The lowest BCUT2D eigenvalue weighted by Crippen LogP contribution is -2.50. The number of hydrogen-bond donors (Lipinski definition) is 1. The lowest BCUT2D eigenvalue weighted by atomic mass is 10.1. The zero-order chi connectivity index (χ0) is 18.8. The van der Waals surface area contributed by atoms with E-state index in [0.29, 0.717) is 13.2 Å². The van der Waals surface area contributed by atoms with Crippen LogP contribution in [0.25, 0.3) is 0 Å². The van der Waals surface area contributed by atoms with Gasteiger partial charge in [0.25, 0.3) is 0 Å². The van der Waals surface area contributed by atoms with E-state index in [1.54, 1.807) is 0 Å². The molecule has 0 aliphatic carbocycles. The second kappa shape index (κ2) is 7.64. The molecule has 1 fully saturated rings. The zero-order valence-corrected chi connectivity index (χ0v) is 16.6. The van der Waals surface area contributed by atoms with E-state index in [9.17, 15) is 0 Å². The topological polar surface area (TPSA) is 37.0 Å². The Kier molecular flexibility index (Phi) is 5.07. The molecule has 2 aromatic rings. The van der Waals surface area contributed by atoms with Crippen molar-refractivity contribution in [3.8, 4) is 11.5 Å². The van der Waals surface area contributed by atoms with Crippen molar-refractivity contribution < 1.29 is 9.47 Å². The van der Waals surface area contributed by atoms with Gasteiger partial charge in [-0.2, -0.15) is 0 Å². The third-order valence-corrected chi connectivity index (χ3v) is 5.64. The van der Waals surface area contributed by atoms with Gasteiger partial charge < -0.3 is 24.6 Å². The number of ether oxygens (including phenoxy) is 2. The van der Waals surface area contributed by atoms with Gasteiger partial charge in [-0.05, 0) is 55.4 Å². The molecule has 5 nitrogen and oxygen atoms in total. The number of hydrogen-bond acceptors (Lipinski definition) is 4. The third kappa shape index (κ3) is 3.81. The molecule has 0 saturated carbocycles. The highest BCUT2D eigenvalue weighted by Gasteiger charge is 2.21. The maximum absolute atomic E-state index is 5.65. The molecule has 2 aliphatic heterocycles. The van der Waals surface area contributed by atoms with Gasteiger partial charge in [0, 0.05) is 43.6 Å². The number of nitrogens with zero attached hydrogens (tertiary/aromatic N) is 2. The molecule has 0 atom stereocenters. The largest absolute Gasteiger partial charge is 0.486 e. The van der Waals surface area contributed by atoms with Crippen LogP contribution in [-0.2, 0) is 0 Å². The quantitative estimate of drug-likeness (QED) is 0.799. The van der Waals surface area contributed by atoms with E-state index in [-0.39, 0.29) is 0 Å². The van der Waals surface area contributed by atoms with E-state index in [0.717, 1.165) is 48.5 Å². The first-order chi connectivity index (χ1) is 13.1. The van der Waals surface area contributed by atoms with Crippen molar-refractivity contribution >= 4 is 28.7 Å². The third-order valence-electron chi connectivity index (χ3n) is 5.28. The van der Waals surface area contributed by atoms with Crippen LogP contribution in [0.15, 0.2) is 36.4 Å². The van der Waals surface area contributed by atoms with Crippen molar-refractivity contribution in [2.24, 2.45) is 0 Å². The van der Waals surface area contributed by atoms with E-state index in [4.69, 9.17) is 21.7 Å². The average molecular weight is 384 g/mol. The molecule has 0 spiro atoms.